The highest BCUT2D eigenvalue weighted by Crippen LogP contribution is 2.38. The lowest BCUT2D eigenvalue weighted by Gasteiger charge is -2.20. The van der Waals surface area contributed by atoms with Crippen molar-refractivity contribution in [3.63, 3.8) is 0 Å². The fourth-order valence-electron chi connectivity index (χ4n) is 2.43. The molecule has 0 fully saturated rings. The third kappa shape index (κ3) is 2.58. The van der Waals surface area contributed by atoms with Crippen molar-refractivity contribution in [2.45, 2.75) is 53.0 Å². The summed E-state index contributed by atoms with van der Waals surface area (Å²) in [7, 11) is 0. The van der Waals surface area contributed by atoms with Crippen LogP contribution < -0.4 is 0 Å². The van der Waals surface area contributed by atoms with Gasteiger partial charge in [-0.25, -0.2) is 4.68 Å². The standard InChI is InChI=1S/C17H24N2O/c1-11(2)14-15(13-9-7-8-12(3)10-13)18-19(16(14)20)17(4,5)6/h7-11,20H,1-6H3. The molecule has 108 valence electrons. The summed E-state index contributed by atoms with van der Waals surface area (Å²) >= 11 is 0. The highest BCUT2D eigenvalue weighted by atomic mass is 16.3. The molecule has 1 aromatic carbocycles. The van der Waals surface area contributed by atoms with Gasteiger partial charge in [0.1, 0.15) is 0 Å². The van der Waals surface area contributed by atoms with E-state index < -0.39 is 0 Å². The lowest BCUT2D eigenvalue weighted by atomic mass is 9.98. The second kappa shape index (κ2) is 4.97. The molecule has 3 heteroatoms. The first-order valence-electron chi connectivity index (χ1n) is 7.11. The molecular weight excluding hydrogens is 248 g/mol. The van der Waals surface area contributed by atoms with Gasteiger partial charge in [0.15, 0.2) is 0 Å². The minimum Gasteiger partial charge on any atom is -0.493 e. The van der Waals surface area contributed by atoms with Crippen LogP contribution in [0.2, 0.25) is 0 Å². The van der Waals surface area contributed by atoms with Gasteiger partial charge in [-0.05, 0) is 39.7 Å². The summed E-state index contributed by atoms with van der Waals surface area (Å²) in [5.74, 6) is 0.505. The molecular formula is C17H24N2O. The van der Waals surface area contributed by atoms with Gasteiger partial charge in [0.2, 0.25) is 5.88 Å². The van der Waals surface area contributed by atoms with E-state index in [2.05, 4.69) is 38.0 Å². The maximum absolute atomic E-state index is 10.5. The van der Waals surface area contributed by atoms with Crippen molar-refractivity contribution in [2.24, 2.45) is 0 Å². The molecule has 0 aliphatic rings. The van der Waals surface area contributed by atoms with Gasteiger partial charge in [0, 0.05) is 11.1 Å². The molecule has 1 heterocycles. The largest absolute Gasteiger partial charge is 0.493 e. The smallest absolute Gasteiger partial charge is 0.213 e. The predicted octanol–water partition coefficient (Wildman–Crippen LogP) is 4.44. The van der Waals surface area contributed by atoms with Gasteiger partial charge < -0.3 is 5.11 Å². The number of rotatable bonds is 2. The topological polar surface area (TPSA) is 38.0 Å². The van der Waals surface area contributed by atoms with Crippen molar-refractivity contribution in [3.8, 4) is 17.1 Å². The van der Waals surface area contributed by atoms with Crippen molar-refractivity contribution >= 4 is 0 Å². The minimum absolute atomic E-state index is 0.224. The molecule has 0 aliphatic heterocycles. The third-order valence-electron chi connectivity index (χ3n) is 3.40. The number of hydrogen-bond acceptors (Lipinski definition) is 2. The van der Waals surface area contributed by atoms with Crippen LogP contribution in [0.15, 0.2) is 24.3 Å². The van der Waals surface area contributed by atoms with E-state index in [4.69, 9.17) is 0 Å². The van der Waals surface area contributed by atoms with Crippen LogP contribution in [0.4, 0.5) is 0 Å². The highest BCUT2D eigenvalue weighted by molar-refractivity contribution is 5.67. The van der Waals surface area contributed by atoms with Gasteiger partial charge >= 0.3 is 0 Å². The molecule has 0 aliphatic carbocycles. The van der Waals surface area contributed by atoms with E-state index >= 15 is 0 Å². The van der Waals surface area contributed by atoms with Crippen LogP contribution in [-0.2, 0) is 5.54 Å². The Morgan fingerprint density at radius 1 is 1.20 bits per heavy atom. The van der Waals surface area contributed by atoms with Gasteiger partial charge in [0.05, 0.1) is 11.2 Å². The van der Waals surface area contributed by atoms with Gasteiger partial charge in [-0.15, -0.1) is 0 Å². The van der Waals surface area contributed by atoms with Crippen LogP contribution in [0, 0.1) is 6.92 Å². The Balaban J connectivity index is 2.70. The molecule has 0 radical (unpaired) electrons. The summed E-state index contributed by atoms with van der Waals surface area (Å²) in [6.45, 7) is 12.4. The quantitative estimate of drug-likeness (QED) is 0.877. The number of aromatic nitrogens is 2. The van der Waals surface area contributed by atoms with Gasteiger partial charge in [-0.3, -0.25) is 0 Å². The van der Waals surface area contributed by atoms with Crippen LogP contribution >= 0.6 is 0 Å². The van der Waals surface area contributed by atoms with Gasteiger partial charge in [-0.2, -0.15) is 5.10 Å². The molecule has 0 spiro atoms. The summed E-state index contributed by atoms with van der Waals surface area (Å²) in [4.78, 5) is 0. The third-order valence-corrected chi connectivity index (χ3v) is 3.40. The zero-order valence-electron chi connectivity index (χ0n) is 13.2. The molecule has 3 nitrogen and oxygen atoms in total. The predicted molar refractivity (Wildman–Crippen MR) is 83.1 cm³/mol. The zero-order chi connectivity index (χ0) is 15.1. The van der Waals surface area contributed by atoms with E-state index in [1.807, 2.05) is 32.9 Å². The molecule has 0 unspecified atom stereocenters. The summed E-state index contributed by atoms with van der Waals surface area (Å²) in [6.07, 6.45) is 0. The number of benzene rings is 1. The molecule has 0 atom stereocenters. The lowest BCUT2D eigenvalue weighted by Crippen LogP contribution is -2.22. The fraction of sp³-hybridized carbons (Fsp3) is 0.471. The summed E-state index contributed by atoms with van der Waals surface area (Å²) in [5, 5.41) is 15.2. The normalized spacial score (nSPS) is 12.2. The number of aromatic hydroxyl groups is 1. The Kier molecular flexibility index (Phi) is 3.63. The first-order chi connectivity index (χ1) is 9.21. The summed E-state index contributed by atoms with van der Waals surface area (Å²) < 4.78 is 1.72. The van der Waals surface area contributed by atoms with Gasteiger partial charge in [-0.1, -0.05) is 37.6 Å². The Bertz CT molecular complexity index is 618. The van der Waals surface area contributed by atoms with Crippen molar-refractivity contribution in [3.05, 3.63) is 35.4 Å². The van der Waals surface area contributed by atoms with E-state index in [1.54, 1.807) is 4.68 Å². The van der Waals surface area contributed by atoms with Crippen LogP contribution in [-0.4, -0.2) is 14.9 Å². The monoisotopic (exact) mass is 272 g/mol. The maximum Gasteiger partial charge on any atom is 0.213 e. The number of hydrogen-bond donors (Lipinski definition) is 1. The minimum atomic E-state index is -0.240. The van der Waals surface area contributed by atoms with Crippen LogP contribution in [0.25, 0.3) is 11.3 Å². The molecule has 0 bridgehead atoms. The SMILES string of the molecule is Cc1cccc(-c2nn(C(C)(C)C)c(O)c2C(C)C)c1. The average molecular weight is 272 g/mol. The van der Waals surface area contributed by atoms with Crippen molar-refractivity contribution < 1.29 is 5.11 Å². The van der Waals surface area contributed by atoms with Crippen molar-refractivity contribution in [1.29, 1.82) is 0 Å². The molecule has 0 amide bonds. The summed E-state index contributed by atoms with van der Waals surface area (Å²) in [5.41, 5.74) is 3.83. The van der Waals surface area contributed by atoms with Crippen LogP contribution in [0.5, 0.6) is 5.88 Å². The molecule has 0 saturated carbocycles. The molecule has 1 N–H and O–H groups in total. The number of aryl methyl sites for hydroxylation is 1. The number of nitrogens with zero attached hydrogens (tertiary/aromatic N) is 2. The van der Waals surface area contributed by atoms with E-state index in [-0.39, 0.29) is 17.3 Å². The molecule has 1 aromatic heterocycles. The first-order valence-corrected chi connectivity index (χ1v) is 7.11. The average Bonchev–Trinajstić information content (AvgIpc) is 2.66. The maximum atomic E-state index is 10.5. The Morgan fingerprint density at radius 2 is 1.85 bits per heavy atom. The molecule has 0 saturated heterocycles. The van der Waals surface area contributed by atoms with E-state index in [9.17, 15) is 5.11 Å². The van der Waals surface area contributed by atoms with Crippen LogP contribution in [0.1, 0.15) is 51.7 Å². The van der Waals surface area contributed by atoms with Crippen LogP contribution in [0.3, 0.4) is 0 Å². The highest BCUT2D eigenvalue weighted by Gasteiger charge is 2.26. The first kappa shape index (κ1) is 14.6. The van der Waals surface area contributed by atoms with Gasteiger partial charge in [0.25, 0.3) is 0 Å². The summed E-state index contributed by atoms with van der Waals surface area (Å²) in [6, 6.07) is 8.26. The van der Waals surface area contributed by atoms with E-state index in [0.29, 0.717) is 0 Å². The van der Waals surface area contributed by atoms with E-state index in [1.165, 1.54) is 5.56 Å². The molecule has 2 aromatic rings. The fourth-order valence-corrected chi connectivity index (χ4v) is 2.43. The van der Waals surface area contributed by atoms with Crippen molar-refractivity contribution in [2.75, 3.05) is 0 Å². The second-order valence-corrected chi connectivity index (χ2v) is 6.69. The molecule has 20 heavy (non-hydrogen) atoms. The lowest BCUT2D eigenvalue weighted by molar-refractivity contribution is 0.293. The van der Waals surface area contributed by atoms with E-state index in [0.717, 1.165) is 16.8 Å². The molecule has 2 rings (SSSR count). The Hall–Kier alpha value is -1.77. The van der Waals surface area contributed by atoms with Crippen molar-refractivity contribution in [1.82, 2.24) is 9.78 Å². The Labute approximate surface area is 121 Å². The Morgan fingerprint density at radius 3 is 2.35 bits per heavy atom. The zero-order valence-corrected chi connectivity index (χ0v) is 13.2. The second-order valence-electron chi connectivity index (χ2n) is 6.69.